The fourth-order valence-electron chi connectivity index (χ4n) is 1.34. The van der Waals surface area contributed by atoms with Crippen molar-refractivity contribution >= 4 is 41.7 Å². The molecule has 0 aromatic heterocycles. The second kappa shape index (κ2) is 16.4. The van der Waals surface area contributed by atoms with Crippen LogP contribution in [-0.2, 0) is 4.74 Å². The van der Waals surface area contributed by atoms with Gasteiger partial charge in [-0.1, -0.05) is 13.8 Å². The molecule has 0 saturated carbocycles. The lowest BCUT2D eigenvalue weighted by molar-refractivity contribution is 0.108. The molecule has 116 valence electrons. The van der Waals surface area contributed by atoms with Crippen LogP contribution in [0.25, 0.3) is 0 Å². The minimum absolute atomic E-state index is 0. The minimum Gasteiger partial charge on any atom is -0.381 e. The Hall–Kier alpha value is 0.310. The number of halogens is 1. The average molecular weight is 403 g/mol. The molecule has 0 aromatic rings. The zero-order valence-corrected chi connectivity index (χ0v) is 15.8. The normalized spacial score (nSPS) is 11.3. The molecule has 0 aliphatic rings. The summed E-state index contributed by atoms with van der Waals surface area (Å²) in [7, 11) is 1.80. The van der Waals surface area contributed by atoms with E-state index in [1.165, 1.54) is 12.2 Å². The van der Waals surface area contributed by atoms with Gasteiger partial charge in [-0.15, -0.1) is 24.0 Å². The Balaban J connectivity index is 0. The van der Waals surface area contributed by atoms with Gasteiger partial charge in [0.15, 0.2) is 5.96 Å². The Bertz CT molecular complexity index is 216. The fourth-order valence-corrected chi connectivity index (χ4v) is 1.78. The van der Waals surface area contributed by atoms with Crippen LogP contribution in [0.5, 0.6) is 0 Å². The Morgan fingerprint density at radius 2 is 1.84 bits per heavy atom. The van der Waals surface area contributed by atoms with Gasteiger partial charge in [0.05, 0.1) is 0 Å². The molecule has 0 atom stereocenters. The molecule has 0 spiro atoms. The highest BCUT2D eigenvalue weighted by molar-refractivity contribution is 14.0. The molecule has 0 aromatic carbocycles. The molecule has 0 fully saturated rings. The summed E-state index contributed by atoms with van der Waals surface area (Å²) in [6.45, 7) is 7.87. The third-order valence-electron chi connectivity index (χ3n) is 2.25. The van der Waals surface area contributed by atoms with E-state index in [9.17, 15) is 0 Å². The van der Waals surface area contributed by atoms with Crippen LogP contribution in [0.2, 0.25) is 0 Å². The van der Waals surface area contributed by atoms with E-state index in [-0.39, 0.29) is 24.0 Å². The van der Waals surface area contributed by atoms with Crippen LogP contribution in [0.1, 0.15) is 26.7 Å². The predicted octanol–water partition coefficient (Wildman–Crippen LogP) is 2.59. The lowest BCUT2D eigenvalue weighted by Gasteiger charge is -2.12. The third kappa shape index (κ3) is 16.3. The summed E-state index contributed by atoms with van der Waals surface area (Å²) in [5, 5.41) is 6.58. The summed E-state index contributed by atoms with van der Waals surface area (Å²) in [4.78, 5) is 4.18. The molecule has 2 N–H and O–H groups in total. The second-order valence-electron chi connectivity index (χ2n) is 4.59. The van der Waals surface area contributed by atoms with E-state index in [0.717, 1.165) is 38.7 Å². The first-order valence-corrected chi connectivity index (χ1v) is 8.11. The van der Waals surface area contributed by atoms with Crippen molar-refractivity contribution in [3.8, 4) is 0 Å². The van der Waals surface area contributed by atoms with E-state index in [2.05, 4.69) is 35.7 Å². The molecule has 0 bridgehead atoms. The number of aliphatic imine (C=N–C) groups is 1. The van der Waals surface area contributed by atoms with Crippen molar-refractivity contribution in [2.24, 2.45) is 10.9 Å². The topological polar surface area (TPSA) is 45.7 Å². The van der Waals surface area contributed by atoms with E-state index in [1.54, 1.807) is 7.05 Å². The van der Waals surface area contributed by atoms with E-state index >= 15 is 0 Å². The van der Waals surface area contributed by atoms with Crippen molar-refractivity contribution in [1.82, 2.24) is 10.6 Å². The first-order valence-electron chi connectivity index (χ1n) is 6.72. The molecule has 0 aliphatic heterocycles. The molecule has 0 unspecified atom stereocenters. The lowest BCUT2D eigenvalue weighted by atomic mass is 10.2. The Morgan fingerprint density at radius 1 is 1.21 bits per heavy atom. The highest BCUT2D eigenvalue weighted by Gasteiger charge is 1.97. The number of guanidine groups is 1. The van der Waals surface area contributed by atoms with Crippen molar-refractivity contribution in [3.05, 3.63) is 0 Å². The molecular weight excluding hydrogens is 373 g/mol. The predicted molar refractivity (Wildman–Crippen MR) is 98.1 cm³/mol. The molecule has 0 rings (SSSR count). The van der Waals surface area contributed by atoms with Gasteiger partial charge in [0.25, 0.3) is 0 Å². The van der Waals surface area contributed by atoms with Gasteiger partial charge < -0.3 is 15.4 Å². The van der Waals surface area contributed by atoms with Crippen LogP contribution in [0.3, 0.4) is 0 Å². The first kappa shape index (κ1) is 21.6. The van der Waals surface area contributed by atoms with E-state index < -0.39 is 0 Å². The Kier molecular flexibility index (Phi) is 18.6. The largest absolute Gasteiger partial charge is 0.381 e. The van der Waals surface area contributed by atoms with Crippen molar-refractivity contribution in [1.29, 1.82) is 0 Å². The molecule has 0 aliphatic carbocycles. The summed E-state index contributed by atoms with van der Waals surface area (Å²) in [5.74, 6) is 2.69. The smallest absolute Gasteiger partial charge is 0.190 e. The van der Waals surface area contributed by atoms with Gasteiger partial charge in [-0.3, -0.25) is 4.99 Å². The number of thioether (sulfide) groups is 1. The standard InChI is InChI=1S/C13H29N3OS.HI/c1-12(2)11-17-9-5-7-15-13(14-3)16-8-6-10-18-4;/h12H,5-11H2,1-4H3,(H2,14,15,16);1H. The zero-order chi connectivity index (χ0) is 13.6. The SMILES string of the molecule is CN=C(NCCCOCC(C)C)NCCCSC.I. The highest BCUT2D eigenvalue weighted by atomic mass is 127. The average Bonchev–Trinajstić information content (AvgIpc) is 2.35. The molecule has 0 radical (unpaired) electrons. The number of ether oxygens (including phenoxy) is 1. The van der Waals surface area contributed by atoms with Crippen LogP contribution in [0.15, 0.2) is 4.99 Å². The third-order valence-corrected chi connectivity index (χ3v) is 2.95. The van der Waals surface area contributed by atoms with Crippen LogP contribution < -0.4 is 10.6 Å². The van der Waals surface area contributed by atoms with E-state index in [4.69, 9.17) is 4.74 Å². The van der Waals surface area contributed by atoms with Gasteiger partial charge in [0.2, 0.25) is 0 Å². The summed E-state index contributed by atoms with van der Waals surface area (Å²) < 4.78 is 5.52. The van der Waals surface area contributed by atoms with Gasteiger partial charge in [0.1, 0.15) is 0 Å². The van der Waals surface area contributed by atoms with E-state index in [1.807, 2.05) is 11.8 Å². The Labute approximate surface area is 139 Å². The van der Waals surface area contributed by atoms with Gasteiger partial charge in [-0.05, 0) is 30.8 Å². The lowest BCUT2D eigenvalue weighted by Crippen LogP contribution is -2.38. The summed E-state index contributed by atoms with van der Waals surface area (Å²) >= 11 is 1.87. The molecular formula is C13H30IN3OS. The fraction of sp³-hybridized carbons (Fsp3) is 0.923. The first-order chi connectivity index (χ1) is 8.70. The number of rotatable bonds is 10. The molecule has 6 heteroatoms. The van der Waals surface area contributed by atoms with Crippen LogP contribution in [0, 0.1) is 5.92 Å². The van der Waals surface area contributed by atoms with Crippen LogP contribution >= 0.6 is 35.7 Å². The quantitative estimate of drug-likeness (QED) is 0.255. The van der Waals surface area contributed by atoms with Gasteiger partial charge in [-0.2, -0.15) is 11.8 Å². The summed E-state index contributed by atoms with van der Waals surface area (Å²) in [5.41, 5.74) is 0. The number of nitrogens with zero attached hydrogens (tertiary/aromatic N) is 1. The molecule has 19 heavy (non-hydrogen) atoms. The summed E-state index contributed by atoms with van der Waals surface area (Å²) in [6.07, 6.45) is 4.31. The molecule has 0 amide bonds. The van der Waals surface area contributed by atoms with Gasteiger partial charge in [-0.25, -0.2) is 0 Å². The summed E-state index contributed by atoms with van der Waals surface area (Å²) in [6, 6.07) is 0. The van der Waals surface area contributed by atoms with Crippen LogP contribution in [-0.4, -0.2) is 51.3 Å². The second-order valence-corrected chi connectivity index (χ2v) is 5.58. The number of hydrogen-bond donors (Lipinski definition) is 2. The van der Waals surface area contributed by atoms with Gasteiger partial charge >= 0.3 is 0 Å². The molecule has 0 saturated heterocycles. The maximum absolute atomic E-state index is 5.52. The van der Waals surface area contributed by atoms with E-state index in [0.29, 0.717) is 5.92 Å². The number of hydrogen-bond acceptors (Lipinski definition) is 3. The van der Waals surface area contributed by atoms with Gasteiger partial charge in [0, 0.05) is 33.4 Å². The maximum atomic E-state index is 5.52. The van der Waals surface area contributed by atoms with Crippen molar-refractivity contribution in [2.45, 2.75) is 26.7 Å². The van der Waals surface area contributed by atoms with Crippen LogP contribution in [0.4, 0.5) is 0 Å². The zero-order valence-electron chi connectivity index (χ0n) is 12.7. The molecule has 0 heterocycles. The van der Waals surface area contributed by atoms with Crippen molar-refractivity contribution < 1.29 is 4.74 Å². The van der Waals surface area contributed by atoms with Crippen molar-refractivity contribution in [2.75, 3.05) is 45.4 Å². The Morgan fingerprint density at radius 3 is 2.37 bits per heavy atom. The van der Waals surface area contributed by atoms with Crippen molar-refractivity contribution in [3.63, 3.8) is 0 Å². The maximum Gasteiger partial charge on any atom is 0.190 e. The highest BCUT2D eigenvalue weighted by Crippen LogP contribution is 1.94. The minimum atomic E-state index is 0. The molecule has 4 nitrogen and oxygen atoms in total. The monoisotopic (exact) mass is 403 g/mol. The number of nitrogens with one attached hydrogen (secondary N) is 2.